The zero-order chi connectivity index (χ0) is 23.7. The van der Waals surface area contributed by atoms with Crippen molar-refractivity contribution >= 4 is 10.9 Å². The van der Waals surface area contributed by atoms with Crippen molar-refractivity contribution in [3.05, 3.63) is 98.9 Å². The lowest BCUT2D eigenvalue weighted by molar-refractivity contribution is 0.340. The molecular formula is C25H19FN4O4. The molecular weight excluding hydrogens is 439 g/mol. The maximum atomic E-state index is 13.2. The van der Waals surface area contributed by atoms with Gasteiger partial charge in [-0.25, -0.2) is 9.18 Å². The second kappa shape index (κ2) is 8.78. The van der Waals surface area contributed by atoms with E-state index in [0.717, 1.165) is 10.1 Å². The van der Waals surface area contributed by atoms with E-state index in [1.807, 2.05) is 31.2 Å². The summed E-state index contributed by atoms with van der Waals surface area (Å²) in [6, 6.07) is 17.9. The third-order valence-electron chi connectivity index (χ3n) is 5.31. The topological polar surface area (TPSA) is 103 Å². The van der Waals surface area contributed by atoms with Gasteiger partial charge in [0.1, 0.15) is 11.6 Å². The van der Waals surface area contributed by atoms with Crippen LogP contribution in [-0.2, 0) is 6.54 Å². The van der Waals surface area contributed by atoms with Crippen molar-refractivity contribution < 1.29 is 13.7 Å². The van der Waals surface area contributed by atoms with Crippen molar-refractivity contribution in [2.45, 2.75) is 13.5 Å². The van der Waals surface area contributed by atoms with E-state index in [0.29, 0.717) is 40.2 Å². The third-order valence-corrected chi connectivity index (χ3v) is 5.31. The highest BCUT2D eigenvalue weighted by Gasteiger charge is 2.14. The molecule has 0 spiro atoms. The first-order chi connectivity index (χ1) is 16.5. The second-order valence-electron chi connectivity index (χ2n) is 7.59. The van der Waals surface area contributed by atoms with Crippen LogP contribution in [0.2, 0.25) is 0 Å². The van der Waals surface area contributed by atoms with Crippen LogP contribution in [0.15, 0.2) is 80.8 Å². The maximum Gasteiger partial charge on any atom is 0.329 e. The number of rotatable bonds is 6. The van der Waals surface area contributed by atoms with Gasteiger partial charge in [-0.2, -0.15) is 4.98 Å². The summed E-state index contributed by atoms with van der Waals surface area (Å²) in [4.78, 5) is 32.7. The van der Waals surface area contributed by atoms with Crippen molar-refractivity contribution in [2.75, 3.05) is 6.61 Å². The maximum absolute atomic E-state index is 13.2. The van der Waals surface area contributed by atoms with E-state index in [1.165, 1.54) is 24.3 Å². The SMILES string of the molecule is CCOc1cccc(-c2noc(-c3ccc4c(=O)n(Cc5ccc(F)cc5)c(=O)[nH]c4c3)n2)c1. The quantitative estimate of drug-likeness (QED) is 0.413. The Kier molecular flexibility index (Phi) is 5.51. The molecule has 0 atom stereocenters. The zero-order valence-corrected chi connectivity index (χ0v) is 18.1. The Morgan fingerprint density at radius 1 is 1.03 bits per heavy atom. The first-order valence-electron chi connectivity index (χ1n) is 10.6. The molecule has 0 fully saturated rings. The molecule has 5 rings (SSSR count). The number of hydrogen-bond donors (Lipinski definition) is 1. The Hall–Kier alpha value is -4.53. The molecule has 2 heterocycles. The molecule has 0 amide bonds. The molecule has 0 aliphatic rings. The smallest absolute Gasteiger partial charge is 0.329 e. The van der Waals surface area contributed by atoms with Crippen molar-refractivity contribution in [1.82, 2.24) is 19.7 Å². The Balaban J connectivity index is 1.48. The Labute approximate surface area is 192 Å². The van der Waals surface area contributed by atoms with Crippen LogP contribution in [0.3, 0.4) is 0 Å². The van der Waals surface area contributed by atoms with Crippen molar-refractivity contribution in [1.29, 1.82) is 0 Å². The van der Waals surface area contributed by atoms with Crippen LogP contribution < -0.4 is 16.0 Å². The lowest BCUT2D eigenvalue weighted by atomic mass is 10.1. The van der Waals surface area contributed by atoms with Crippen molar-refractivity contribution in [3.63, 3.8) is 0 Å². The molecule has 0 aliphatic carbocycles. The van der Waals surface area contributed by atoms with E-state index in [4.69, 9.17) is 9.26 Å². The summed E-state index contributed by atoms with van der Waals surface area (Å²) in [5.41, 5.74) is 1.25. The summed E-state index contributed by atoms with van der Waals surface area (Å²) in [7, 11) is 0. The number of nitrogens with one attached hydrogen (secondary N) is 1. The predicted molar refractivity (Wildman–Crippen MR) is 124 cm³/mol. The summed E-state index contributed by atoms with van der Waals surface area (Å²) in [5, 5.41) is 4.37. The van der Waals surface area contributed by atoms with Gasteiger partial charge in [0.15, 0.2) is 0 Å². The van der Waals surface area contributed by atoms with E-state index < -0.39 is 11.2 Å². The number of aromatic amines is 1. The fraction of sp³-hybridized carbons (Fsp3) is 0.120. The van der Waals surface area contributed by atoms with Gasteiger partial charge in [0, 0.05) is 11.1 Å². The molecule has 170 valence electrons. The van der Waals surface area contributed by atoms with E-state index in [2.05, 4.69) is 15.1 Å². The van der Waals surface area contributed by atoms with Crippen LogP contribution in [0.25, 0.3) is 33.7 Å². The predicted octanol–water partition coefficient (Wildman–Crippen LogP) is 3.99. The molecule has 3 aromatic carbocycles. The van der Waals surface area contributed by atoms with Gasteiger partial charge in [0.25, 0.3) is 11.4 Å². The molecule has 34 heavy (non-hydrogen) atoms. The number of nitrogens with zero attached hydrogens (tertiary/aromatic N) is 3. The molecule has 0 saturated heterocycles. The minimum absolute atomic E-state index is 0.0277. The lowest BCUT2D eigenvalue weighted by Crippen LogP contribution is -2.35. The molecule has 1 N–H and O–H groups in total. The van der Waals surface area contributed by atoms with Crippen LogP contribution in [0.5, 0.6) is 5.75 Å². The fourth-order valence-corrected chi connectivity index (χ4v) is 3.65. The van der Waals surface area contributed by atoms with Crippen LogP contribution in [-0.4, -0.2) is 26.3 Å². The molecule has 0 bridgehead atoms. The number of fused-ring (bicyclic) bond motifs is 1. The molecule has 5 aromatic rings. The number of hydrogen-bond acceptors (Lipinski definition) is 6. The summed E-state index contributed by atoms with van der Waals surface area (Å²) >= 11 is 0. The highest BCUT2D eigenvalue weighted by Crippen LogP contribution is 2.26. The molecule has 2 aromatic heterocycles. The first-order valence-corrected chi connectivity index (χ1v) is 10.6. The first kappa shape index (κ1) is 21.3. The summed E-state index contributed by atoms with van der Waals surface area (Å²) in [6.07, 6.45) is 0. The Morgan fingerprint density at radius 3 is 2.65 bits per heavy atom. The zero-order valence-electron chi connectivity index (χ0n) is 18.1. The average molecular weight is 458 g/mol. The Bertz CT molecular complexity index is 1600. The average Bonchev–Trinajstić information content (AvgIpc) is 3.33. The van der Waals surface area contributed by atoms with E-state index in [9.17, 15) is 14.0 Å². The van der Waals surface area contributed by atoms with Gasteiger partial charge < -0.3 is 14.2 Å². The molecule has 9 heteroatoms. The number of halogens is 1. The van der Waals surface area contributed by atoms with Crippen molar-refractivity contribution in [3.8, 4) is 28.6 Å². The van der Waals surface area contributed by atoms with Crippen LogP contribution in [0.1, 0.15) is 12.5 Å². The minimum atomic E-state index is -0.571. The number of aromatic nitrogens is 4. The van der Waals surface area contributed by atoms with E-state index in [-0.39, 0.29) is 18.3 Å². The van der Waals surface area contributed by atoms with Gasteiger partial charge in [0.05, 0.1) is 24.1 Å². The molecule has 0 unspecified atom stereocenters. The highest BCUT2D eigenvalue weighted by molar-refractivity contribution is 5.82. The van der Waals surface area contributed by atoms with Gasteiger partial charge in [-0.05, 0) is 55.0 Å². The second-order valence-corrected chi connectivity index (χ2v) is 7.59. The van der Waals surface area contributed by atoms with E-state index in [1.54, 1.807) is 18.2 Å². The Morgan fingerprint density at radius 2 is 1.85 bits per heavy atom. The van der Waals surface area contributed by atoms with Gasteiger partial charge in [-0.15, -0.1) is 0 Å². The number of H-pyrrole nitrogens is 1. The monoisotopic (exact) mass is 458 g/mol. The number of benzene rings is 3. The molecule has 0 saturated carbocycles. The van der Waals surface area contributed by atoms with Gasteiger partial charge in [0.2, 0.25) is 5.82 Å². The van der Waals surface area contributed by atoms with Crippen LogP contribution >= 0.6 is 0 Å². The van der Waals surface area contributed by atoms with Gasteiger partial charge in [-0.3, -0.25) is 9.36 Å². The number of ether oxygens (including phenoxy) is 1. The molecule has 0 radical (unpaired) electrons. The van der Waals surface area contributed by atoms with Crippen LogP contribution in [0.4, 0.5) is 4.39 Å². The van der Waals surface area contributed by atoms with Crippen molar-refractivity contribution in [2.24, 2.45) is 0 Å². The standard InChI is InChI=1S/C25H19FN4O4/c1-2-33-19-5-3-4-16(12-19)22-28-23(34-29-22)17-8-11-20-21(13-17)27-25(32)30(24(20)31)14-15-6-9-18(26)10-7-15/h3-13H,2,14H2,1H3,(H,27,32). The fourth-order valence-electron chi connectivity index (χ4n) is 3.65. The summed E-state index contributed by atoms with van der Waals surface area (Å²) in [5.74, 6) is 0.948. The normalized spacial score (nSPS) is 11.1. The molecule has 0 aliphatic heterocycles. The van der Waals surface area contributed by atoms with Gasteiger partial charge >= 0.3 is 5.69 Å². The third kappa shape index (κ3) is 4.11. The minimum Gasteiger partial charge on any atom is -0.494 e. The summed E-state index contributed by atoms with van der Waals surface area (Å²) < 4.78 is 25.2. The largest absolute Gasteiger partial charge is 0.494 e. The summed E-state index contributed by atoms with van der Waals surface area (Å²) in [6.45, 7) is 2.47. The van der Waals surface area contributed by atoms with Crippen LogP contribution in [0, 0.1) is 5.82 Å². The lowest BCUT2D eigenvalue weighted by Gasteiger charge is -2.07. The molecule has 8 nitrogen and oxygen atoms in total. The highest BCUT2D eigenvalue weighted by atomic mass is 19.1. The van der Waals surface area contributed by atoms with Gasteiger partial charge in [-0.1, -0.05) is 29.4 Å². The van der Waals surface area contributed by atoms with E-state index >= 15 is 0 Å².